The van der Waals surface area contributed by atoms with E-state index in [0.717, 1.165) is 0 Å². The minimum absolute atomic E-state index is 0.0833. The van der Waals surface area contributed by atoms with Crippen molar-refractivity contribution in [1.82, 2.24) is 0 Å². The van der Waals surface area contributed by atoms with Gasteiger partial charge in [0.05, 0.1) is 0 Å². The Hall–Kier alpha value is -0.0100. The second-order valence-corrected chi connectivity index (χ2v) is 2.26. The van der Waals surface area contributed by atoms with Gasteiger partial charge in [0.1, 0.15) is 0 Å². The Balaban J connectivity index is 0. The topological polar surface area (TPSA) is 144 Å². The van der Waals surface area contributed by atoms with Crippen LogP contribution in [0.15, 0.2) is 0 Å². The molecular weight excluding hydrogens is 165 g/mol. The fourth-order valence-electron chi connectivity index (χ4n) is 0. The quantitative estimate of drug-likeness (QED) is 0.188. The van der Waals surface area contributed by atoms with E-state index in [0.29, 0.717) is 0 Å². The third-order valence-electron chi connectivity index (χ3n) is 0.211. The highest BCUT2D eigenvalue weighted by atomic mass is 31.2. The molecule has 0 saturated heterocycles. The van der Waals surface area contributed by atoms with E-state index >= 15 is 0 Å². The lowest BCUT2D eigenvalue weighted by Gasteiger charge is -1.90. The van der Waals surface area contributed by atoms with Crippen LogP contribution in [0.1, 0.15) is 0 Å². The van der Waals surface area contributed by atoms with Crippen molar-refractivity contribution in [3.05, 3.63) is 0 Å². The highest BCUT2D eigenvalue weighted by molar-refractivity contribution is 7.45. The van der Waals surface area contributed by atoms with Crippen molar-refractivity contribution in [2.45, 2.75) is 6.29 Å². The lowest BCUT2D eigenvalue weighted by Crippen LogP contribution is -2.17. The second-order valence-electron chi connectivity index (χ2n) is 1.23. The van der Waals surface area contributed by atoms with Crippen molar-refractivity contribution in [3.63, 3.8) is 0 Å². The smallest absolute Gasteiger partial charge is 0.367 e. The Morgan fingerprint density at radius 1 is 1.30 bits per heavy atom. The Kier molecular flexibility index (Phi) is 7.27. The molecule has 0 unspecified atom stereocenters. The summed E-state index contributed by atoms with van der Waals surface area (Å²) in [6, 6.07) is 0. The lowest BCUT2D eigenvalue weighted by molar-refractivity contribution is -0.0309. The molecule has 0 radical (unpaired) electrons. The summed E-state index contributed by atoms with van der Waals surface area (Å²) in [4.78, 5) is 21.6. The molecule has 0 saturated carbocycles. The highest BCUT2D eigenvalue weighted by Gasteiger charge is 2.00. The van der Waals surface area contributed by atoms with Gasteiger partial charge in [0, 0.05) is 6.54 Å². The maximum absolute atomic E-state index is 8.88. The van der Waals surface area contributed by atoms with Crippen molar-refractivity contribution >= 4 is 7.82 Å². The van der Waals surface area contributed by atoms with Gasteiger partial charge in [-0.15, -0.1) is 0 Å². The number of rotatable bonds is 1. The standard InChI is InChI=1S/C2H7NO2.H3O4P/c3-1-2(4)5;1-5(2,3)4/h2,4-5H,1,3H2;(H3,1,2,3,4). The van der Waals surface area contributed by atoms with Crippen molar-refractivity contribution in [2.75, 3.05) is 6.54 Å². The Morgan fingerprint density at radius 3 is 1.40 bits per heavy atom. The van der Waals surface area contributed by atoms with E-state index in [1.165, 1.54) is 0 Å². The summed E-state index contributed by atoms with van der Waals surface area (Å²) in [5.74, 6) is 0. The molecule has 0 fully saturated rings. The maximum Gasteiger partial charge on any atom is 0.466 e. The Morgan fingerprint density at radius 2 is 1.40 bits per heavy atom. The molecule has 0 aliphatic carbocycles. The molecule has 8 heteroatoms. The maximum atomic E-state index is 8.88. The normalized spacial score (nSPS) is 10.7. The first kappa shape index (κ1) is 12.6. The van der Waals surface area contributed by atoms with Crippen molar-refractivity contribution in [1.29, 1.82) is 0 Å². The summed E-state index contributed by atoms with van der Waals surface area (Å²) in [6.07, 6.45) is -1.34. The number of aliphatic hydroxyl groups is 2. The molecule has 0 aliphatic heterocycles. The first-order chi connectivity index (χ1) is 4.27. The van der Waals surface area contributed by atoms with Gasteiger partial charge in [-0.3, -0.25) is 0 Å². The summed E-state index contributed by atoms with van der Waals surface area (Å²) in [5.41, 5.74) is 4.67. The number of hydrogen-bond donors (Lipinski definition) is 6. The van der Waals surface area contributed by atoms with E-state index in [2.05, 4.69) is 5.73 Å². The molecule has 0 aromatic carbocycles. The molecule has 0 rings (SSSR count). The van der Waals surface area contributed by atoms with Crippen LogP contribution >= 0.6 is 7.82 Å². The van der Waals surface area contributed by atoms with Crippen molar-refractivity contribution < 1.29 is 29.5 Å². The summed E-state index contributed by atoms with van der Waals surface area (Å²) in [7, 11) is -4.64. The highest BCUT2D eigenvalue weighted by Crippen LogP contribution is 2.25. The van der Waals surface area contributed by atoms with Crippen LogP contribution in [-0.4, -0.2) is 37.7 Å². The van der Waals surface area contributed by atoms with E-state index in [-0.39, 0.29) is 6.54 Å². The van der Waals surface area contributed by atoms with Crippen molar-refractivity contribution in [2.24, 2.45) is 5.73 Å². The molecule has 0 aromatic rings. The van der Waals surface area contributed by atoms with Crippen LogP contribution in [0.2, 0.25) is 0 Å². The fraction of sp³-hybridized carbons (Fsp3) is 1.00. The lowest BCUT2D eigenvalue weighted by atomic mass is 10.7. The third-order valence-corrected chi connectivity index (χ3v) is 0.211. The summed E-state index contributed by atoms with van der Waals surface area (Å²) >= 11 is 0. The van der Waals surface area contributed by atoms with Crippen LogP contribution in [0, 0.1) is 0 Å². The van der Waals surface area contributed by atoms with Gasteiger partial charge in [0.15, 0.2) is 6.29 Å². The molecule has 7 nitrogen and oxygen atoms in total. The van der Waals surface area contributed by atoms with Gasteiger partial charge in [0.25, 0.3) is 0 Å². The molecule has 10 heavy (non-hydrogen) atoms. The number of aliphatic hydroxyl groups excluding tert-OH is 1. The number of phosphoric acid groups is 1. The largest absolute Gasteiger partial charge is 0.466 e. The zero-order chi connectivity index (χ0) is 8.78. The first-order valence-electron chi connectivity index (χ1n) is 2.12. The average molecular weight is 175 g/mol. The van der Waals surface area contributed by atoms with Gasteiger partial charge in [0.2, 0.25) is 0 Å². The fourth-order valence-corrected chi connectivity index (χ4v) is 0. The van der Waals surface area contributed by atoms with E-state index in [4.69, 9.17) is 29.5 Å². The van der Waals surface area contributed by atoms with E-state index in [9.17, 15) is 0 Å². The molecular formula is C2H10NO6P. The van der Waals surface area contributed by atoms with Crippen LogP contribution in [0.4, 0.5) is 0 Å². The Labute approximate surface area is 57.0 Å². The van der Waals surface area contributed by atoms with Gasteiger partial charge in [-0.2, -0.15) is 0 Å². The molecule has 0 amide bonds. The van der Waals surface area contributed by atoms with Crippen molar-refractivity contribution in [3.8, 4) is 0 Å². The summed E-state index contributed by atoms with van der Waals surface area (Å²) < 4.78 is 8.88. The van der Waals surface area contributed by atoms with Crippen LogP contribution in [0.5, 0.6) is 0 Å². The van der Waals surface area contributed by atoms with E-state index < -0.39 is 14.1 Å². The molecule has 7 N–H and O–H groups in total. The molecule has 0 heterocycles. The average Bonchev–Trinajstić information content (AvgIpc) is 1.61. The van der Waals surface area contributed by atoms with Gasteiger partial charge in [-0.25, -0.2) is 4.57 Å². The van der Waals surface area contributed by atoms with Gasteiger partial charge >= 0.3 is 7.82 Å². The zero-order valence-corrected chi connectivity index (χ0v) is 5.85. The van der Waals surface area contributed by atoms with Gasteiger partial charge < -0.3 is 30.6 Å². The predicted octanol–water partition coefficient (Wildman–Crippen LogP) is -2.67. The van der Waals surface area contributed by atoms with E-state index in [1.807, 2.05) is 0 Å². The molecule has 0 spiro atoms. The zero-order valence-electron chi connectivity index (χ0n) is 4.95. The Bertz CT molecular complexity index is 100. The minimum Gasteiger partial charge on any atom is -0.367 e. The van der Waals surface area contributed by atoms with Crippen LogP contribution in [0.3, 0.4) is 0 Å². The first-order valence-corrected chi connectivity index (χ1v) is 3.68. The molecule has 0 atom stereocenters. The summed E-state index contributed by atoms with van der Waals surface area (Å²) in [6.45, 7) is -0.0833. The molecule has 64 valence electrons. The SMILES string of the molecule is NCC(O)O.O=P(O)(O)O. The van der Waals surface area contributed by atoms with Gasteiger partial charge in [-0.05, 0) is 0 Å². The third kappa shape index (κ3) is 98.6. The van der Waals surface area contributed by atoms with Crippen LogP contribution in [-0.2, 0) is 4.57 Å². The molecule has 0 aromatic heterocycles. The predicted molar refractivity (Wildman–Crippen MR) is 31.5 cm³/mol. The monoisotopic (exact) mass is 175 g/mol. The molecule has 0 aliphatic rings. The molecule has 0 bridgehead atoms. The van der Waals surface area contributed by atoms with Gasteiger partial charge in [-0.1, -0.05) is 0 Å². The van der Waals surface area contributed by atoms with E-state index in [1.54, 1.807) is 0 Å². The van der Waals surface area contributed by atoms with Crippen LogP contribution < -0.4 is 5.73 Å². The number of hydrogen-bond acceptors (Lipinski definition) is 4. The summed E-state index contributed by atoms with van der Waals surface area (Å²) in [5, 5.41) is 15.6. The minimum atomic E-state index is -4.64. The second kappa shape index (κ2) is 5.75. The van der Waals surface area contributed by atoms with Crippen LogP contribution in [0.25, 0.3) is 0 Å². The number of nitrogens with two attached hydrogens (primary N) is 1.